The van der Waals surface area contributed by atoms with E-state index in [9.17, 15) is 14.7 Å². The van der Waals surface area contributed by atoms with Crippen molar-refractivity contribution in [2.75, 3.05) is 24.5 Å². The molecule has 1 aliphatic heterocycles. The lowest BCUT2D eigenvalue weighted by Crippen LogP contribution is -2.24. The van der Waals surface area contributed by atoms with Crippen molar-refractivity contribution in [1.29, 1.82) is 0 Å². The summed E-state index contributed by atoms with van der Waals surface area (Å²) in [5.74, 6) is -1.99. The Balaban J connectivity index is 1.46. The normalized spacial score (nSPS) is 19.2. The van der Waals surface area contributed by atoms with Gasteiger partial charge in [-0.1, -0.05) is 35.5 Å². The zero-order valence-corrected chi connectivity index (χ0v) is 18.5. The third-order valence-corrected chi connectivity index (χ3v) is 6.42. The van der Waals surface area contributed by atoms with Crippen molar-refractivity contribution in [3.63, 3.8) is 0 Å². The largest absolute Gasteiger partial charge is 0.477 e. The number of carbonyl (C=O) groups is 1. The standard InChI is InChI=1S/C25H25FN4O4/c26-20-8-18-22(30(17-6-7-17)12-19(24(18)31)25(32)33)9-23(20)29-11-16(10-27)21(13-29)28-34-14-15-4-2-1-3-5-15/h1-5,8-9,12,16-17H,6-7,10-11,13-14,27H2,(H,32,33). The second kappa shape index (κ2) is 8.90. The van der Waals surface area contributed by atoms with Gasteiger partial charge in [0.05, 0.1) is 23.5 Å². The van der Waals surface area contributed by atoms with Crippen LogP contribution >= 0.6 is 0 Å². The number of nitrogens with two attached hydrogens (primary N) is 1. The molecule has 2 fully saturated rings. The SMILES string of the molecule is NCC1CN(c2cc3c(cc2F)c(=O)c(C(=O)O)cn3C2CC2)CC1=NOCc1ccccc1. The fourth-order valence-corrected chi connectivity index (χ4v) is 4.43. The molecule has 0 bridgehead atoms. The van der Waals surface area contributed by atoms with Gasteiger partial charge < -0.3 is 25.1 Å². The summed E-state index contributed by atoms with van der Waals surface area (Å²) in [6.45, 7) is 1.48. The Kier molecular flexibility index (Phi) is 5.79. The van der Waals surface area contributed by atoms with Crippen LogP contribution in [0.5, 0.6) is 0 Å². The molecule has 1 saturated heterocycles. The summed E-state index contributed by atoms with van der Waals surface area (Å²) < 4.78 is 17.0. The van der Waals surface area contributed by atoms with Crippen LogP contribution in [0.1, 0.15) is 34.8 Å². The molecule has 34 heavy (non-hydrogen) atoms. The molecule has 1 aromatic heterocycles. The number of benzene rings is 2. The summed E-state index contributed by atoms with van der Waals surface area (Å²) in [6, 6.07) is 12.6. The van der Waals surface area contributed by atoms with Gasteiger partial charge in [-0.25, -0.2) is 9.18 Å². The molecule has 1 aliphatic carbocycles. The van der Waals surface area contributed by atoms with E-state index in [1.165, 1.54) is 6.20 Å². The number of hydrogen-bond donors (Lipinski definition) is 2. The van der Waals surface area contributed by atoms with Crippen LogP contribution in [-0.2, 0) is 11.4 Å². The van der Waals surface area contributed by atoms with E-state index < -0.39 is 17.2 Å². The molecule has 8 nitrogen and oxygen atoms in total. The third kappa shape index (κ3) is 4.14. The van der Waals surface area contributed by atoms with Crippen molar-refractivity contribution >= 4 is 28.3 Å². The van der Waals surface area contributed by atoms with Crippen LogP contribution in [0.2, 0.25) is 0 Å². The van der Waals surface area contributed by atoms with Crippen LogP contribution in [0.25, 0.3) is 10.9 Å². The number of oxime groups is 1. The van der Waals surface area contributed by atoms with E-state index in [2.05, 4.69) is 5.16 Å². The Morgan fingerprint density at radius 3 is 2.68 bits per heavy atom. The predicted octanol–water partition coefficient (Wildman–Crippen LogP) is 3.14. The highest BCUT2D eigenvalue weighted by molar-refractivity contribution is 5.96. The van der Waals surface area contributed by atoms with Gasteiger partial charge in [-0.2, -0.15) is 0 Å². The molecule has 3 N–H and O–H groups in total. The lowest BCUT2D eigenvalue weighted by atomic mass is 10.1. The van der Waals surface area contributed by atoms with Gasteiger partial charge in [0.25, 0.3) is 0 Å². The lowest BCUT2D eigenvalue weighted by Gasteiger charge is -2.20. The van der Waals surface area contributed by atoms with Crippen molar-refractivity contribution in [2.45, 2.75) is 25.5 Å². The topological polar surface area (TPSA) is 110 Å². The van der Waals surface area contributed by atoms with Crippen LogP contribution in [-0.4, -0.2) is 41.0 Å². The number of pyridine rings is 1. The molecule has 9 heteroatoms. The van der Waals surface area contributed by atoms with Crippen molar-refractivity contribution < 1.29 is 19.1 Å². The van der Waals surface area contributed by atoms with Crippen molar-refractivity contribution in [2.24, 2.45) is 16.8 Å². The predicted molar refractivity (Wildman–Crippen MR) is 127 cm³/mol. The van der Waals surface area contributed by atoms with Gasteiger partial charge in [-0.05, 0) is 30.5 Å². The Labute approximate surface area is 195 Å². The molecule has 1 atom stereocenters. The van der Waals surface area contributed by atoms with Gasteiger partial charge in [-0.15, -0.1) is 0 Å². The fraction of sp³-hybridized carbons (Fsp3) is 0.320. The molecule has 0 radical (unpaired) electrons. The number of fused-ring (bicyclic) bond motifs is 1. The minimum Gasteiger partial charge on any atom is -0.477 e. The van der Waals surface area contributed by atoms with Crippen LogP contribution in [0.3, 0.4) is 0 Å². The molecule has 0 spiro atoms. The van der Waals surface area contributed by atoms with E-state index in [-0.39, 0.29) is 22.9 Å². The van der Waals surface area contributed by atoms with E-state index in [0.29, 0.717) is 37.4 Å². The number of carboxylic acids is 1. The summed E-state index contributed by atoms with van der Waals surface area (Å²) in [7, 11) is 0. The first kappa shape index (κ1) is 22.1. The lowest BCUT2D eigenvalue weighted by molar-refractivity contribution is 0.0695. The molecule has 1 unspecified atom stereocenters. The Morgan fingerprint density at radius 2 is 2.00 bits per heavy atom. The van der Waals surface area contributed by atoms with Crippen LogP contribution < -0.4 is 16.1 Å². The zero-order valence-electron chi connectivity index (χ0n) is 18.5. The molecule has 176 valence electrons. The van der Waals surface area contributed by atoms with Crippen molar-refractivity contribution in [3.8, 4) is 0 Å². The highest BCUT2D eigenvalue weighted by atomic mass is 19.1. The van der Waals surface area contributed by atoms with Gasteiger partial charge in [0, 0.05) is 36.6 Å². The van der Waals surface area contributed by atoms with E-state index in [1.807, 2.05) is 35.2 Å². The summed E-state index contributed by atoms with van der Waals surface area (Å²) in [4.78, 5) is 31.6. The van der Waals surface area contributed by atoms with Crippen LogP contribution in [0.15, 0.2) is 58.6 Å². The van der Waals surface area contributed by atoms with E-state index in [1.54, 1.807) is 10.6 Å². The van der Waals surface area contributed by atoms with E-state index >= 15 is 4.39 Å². The maximum Gasteiger partial charge on any atom is 0.341 e. The molecular weight excluding hydrogens is 439 g/mol. The minimum absolute atomic E-state index is 0.0720. The van der Waals surface area contributed by atoms with Crippen molar-refractivity contribution in [1.82, 2.24) is 4.57 Å². The second-order valence-electron chi connectivity index (χ2n) is 8.79. The number of anilines is 1. The number of nitrogens with zero attached hydrogens (tertiary/aromatic N) is 3. The number of rotatable bonds is 7. The number of aromatic carboxylic acids is 1. The van der Waals surface area contributed by atoms with Crippen LogP contribution in [0.4, 0.5) is 10.1 Å². The first-order chi connectivity index (χ1) is 16.5. The van der Waals surface area contributed by atoms with Crippen molar-refractivity contribution in [3.05, 3.63) is 75.8 Å². The van der Waals surface area contributed by atoms with Gasteiger partial charge in [0.15, 0.2) is 0 Å². The zero-order chi connectivity index (χ0) is 23.8. The van der Waals surface area contributed by atoms with Crippen LogP contribution in [0, 0.1) is 11.7 Å². The van der Waals surface area contributed by atoms with Gasteiger partial charge >= 0.3 is 5.97 Å². The Hall–Kier alpha value is -3.72. The average molecular weight is 464 g/mol. The molecule has 2 aromatic carbocycles. The number of halogens is 1. The van der Waals surface area contributed by atoms with Gasteiger partial charge in [0.1, 0.15) is 18.0 Å². The number of aromatic nitrogens is 1. The fourth-order valence-electron chi connectivity index (χ4n) is 4.43. The molecule has 3 aromatic rings. The Morgan fingerprint density at radius 1 is 1.24 bits per heavy atom. The summed E-state index contributed by atoms with van der Waals surface area (Å²) in [6.07, 6.45) is 3.15. The molecule has 5 rings (SSSR count). The number of carboxylic acid groups (broad SMARTS) is 1. The molecule has 2 heterocycles. The quantitative estimate of drug-likeness (QED) is 0.520. The van der Waals surface area contributed by atoms with E-state index in [4.69, 9.17) is 10.6 Å². The van der Waals surface area contributed by atoms with Gasteiger partial charge in [0.2, 0.25) is 5.43 Å². The van der Waals surface area contributed by atoms with E-state index in [0.717, 1.165) is 30.2 Å². The monoisotopic (exact) mass is 464 g/mol. The molecular formula is C25H25FN4O4. The first-order valence-electron chi connectivity index (χ1n) is 11.3. The van der Waals surface area contributed by atoms with Gasteiger partial charge in [-0.3, -0.25) is 4.79 Å². The maximum absolute atomic E-state index is 15.2. The second-order valence-corrected chi connectivity index (χ2v) is 8.79. The summed E-state index contributed by atoms with van der Waals surface area (Å²) in [5.41, 5.74) is 7.52. The summed E-state index contributed by atoms with van der Waals surface area (Å²) >= 11 is 0. The molecule has 2 aliphatic rings. The smallest absolute Gasteiger partial charge is 0.341 e. The summed E-state index contributed by atoms with van der Waals surface area (Å²) in [5, 5.41) is 13.8. The highest BCUT2D eigenvalue weighted by Crippen LogP contribution is 2.38. The Bertz CT molecular complexity index is 1330. The highest BCUT2D eigenvalue weighted by Gasteiger charge is 2.32. The first-order valence-corrected chi connectivity index (χ1v) is 11.3. The third-order valence-electron chi connectivity index (χ3n) is 6.42. The maximum atomic E-state index is 15.2. The molecule has 0 amide bonds. The average Bonchev–Trinajstić information content (AvgIpc) is 3.59. The number of hydrogen-bond acceptors (Lipinski definition) is 6. The minimum atomic E-state index is -1.31. The molecule has 1 saturated carbocycles.